The largest absolute Gasteiger partial charge is 0.456 e. The molecule has 0 atom stereocenters. The SMILES string of the molecule is c1ccc(N(c2ccccc2)c2ccc(N(c3ccccc3)c3ccc4c5ccc(-c6ccc7oc8ccccc8c7c6)cc5n(-c5ccccc5)c4c3)cc2)cc1. The fourth-order valence-corrected chi connectivity index (χ4v) is 8.46. The Labute approximate surface area is 336 Å². The van der Waals surface area contributed by atoms with Crippen LogP contribution in [0.4, 0.5) is 34.1 Å². The van der Waals surface area contributed by atoms with Crippen molar-refractivity contribution in [3.05, 3.63) is 224 Å². The van der Waals surface area contributed by atoms with Crippen LogP contribution in [0.2, 0.25) is 0 Å². The summed E-state index contributed by atoms with van der Waals surface area (Å²) in [7, 11) is 0. The Morgan fingerprint density at radius 3 is 1.34 bits per heavy atom. The quantitative estimate of drug-likeness (QED) is 0.155. The van der Waals surface area contributed by atoms with E-state index < -0.39 is 0 Å². The van der Waals surface area contributed by atoms with Crippen molar-refractivity contribution < 1.29 is 4.42 Å². The van der Waals surface area contributed by atoms with Gasteiger partial charge in [0.1, 0.15) is 11.2 Å². The molecule has 0 N–H and O–H groups in total. The van der Waals surface area contributed by atoms with Crippen LogP contribution >= 0.6 is 0 Å². The summed E-state index contributed by atoms with van der Waals surface area (Å²) in [5, 5.41) is 4.67. The van der Waals surface area contributed by atoms with Gasteiger partial charge in [-0.1, -0.05) is 115 Å². The van der Waals surface area contributed by atoms with Gasteiger partial charge in [-0.2, -0.15) is 0 Å². The number of hydrogen-bond donors (Lipinski definition) is 0. The van der Waals surface area contributed by atoms with Gasteiger partial charge in [-0.3, -0.25) is 0 Å². The average Bonchev–Trinajstić information content (AvgIpc) is 3.83. The van der Waals surface area contributed by atoms with Gasteiger partial charge < -0.3 is 18.8 Å². The molecule has 0 spiro atoms. The molecule has 2 heterocycles. The number of fused-ring (bicyclic) bond motifs is 6. The molecule has 274 valence electrons. The Morgan fingerprint density at radius 2 is 0.724 bits per heavy atom. The Balaban J connectivity index is 1.06. The summed E-state index contributed by atoms with van der Waals surface area (Å²) in [6, 6.07) is 79.9. The molecule has 0 fully saturated rings. The first-order chi connectivity index (χ1) is 28.8. The molecule has 0 saturated carbocycles. The van der Waals surface area contributed by atoms with Crippen LogP contribution in [-0.4, -0.2) is 4.57 Å². The Kier molecular flexibility index (Phi) is 8.11. The van der Waals surface area contributed by atoms with Crippen molar-refractivity contribution in [2.24, 2.45) is 0 Å². The van der Waals surface area contributed by atoms with Gasteiger partial charge in [-0.15, -0.1) is 0 Å². The first kappa shape index (κ1) is 33.5. The van der Waals surface area contributed by atoms with E-state index in [2.05, 4.69) is 227 Å². The molecule has 0 amide bonds. The van der Waals surface area contributed by atoms with Crippen LogP contribution in [0.5, 0.6) is 0 Å². The summed E-state index contributed by atoms with van der Waals surface area (Å²) in [5.41, 5.74) is 14.1. The third kappa shape index (κ3) is 5.78. The molecule has 0 aliphatic carbocycles. The molecule has 0 unspecified atom stereocenters. The highest BCUT2D eigenvalue weighted by atomic mass is 16.3. The fourth-order valence-electron chi connectivity index (χ4n) is 8.46. The Morgan fingerprint density at radius 1 is 0.293 bits per heavy atom. The van der Waals surface area contributed by atoms with E-state index in [-0.39, 0.29) is 0 Å². The molecule has 4 heteroatoms. The highest BCUT2D eigenvalue weighted by Gasteiger charge is 2.20. The zero-order valence-corrected chi connectivity index (χ0v) is 31.6. The van der Waals surface area contributed by atoms with Crippen molar-refractivity contribution in [2.75, 3.05) is 9.80 Å². The van der Waals surface area contributed by atoms with Crippen LogP contribution < -0.4 is 9.80 Å². The fraction of sp³-hybridized carbons (Fsp3) is 0. The molecule has 11 rings (SSSR count). The van der Waals surface area contributed by atoms with Crippen molar-refractivity contribution >= 4 is 77.9 Å². The van der Waals surface area contributed by atoms with Gasteiger partial charge >= 0.3 is 0 Å². The van der Waals surface area contributed by atoms with E-state index in [1.165, 1.54) is 10.8 Å². The molecule has 0 saturated heterocycles. The van der Waals surface area contributed by atoms with E-state index in [1.54, 1.807) is 0 Å². The molecule has 4 nitrogen and oxygen atoms in total. The third-order valence-electron chi connectivity index (χ3n) is 11.1. The minimum atomic E-state index is 0.902. The van der Waals surface area contributed by atoms with Crippen LogP contribution in [0.3, 0.4) is 0 Å². The van der Waals surface area contributed by atoms with Crippen LogP contribution in [0.1, 0.15) is 0 Å². The topological polar surface area (TPSA) is 24.6 Å². The number of hydrogen-bond acceptors (Lipinski definition) is 3. The second-order valence-electron chi connectivity index (χ2n) is 14.6. The van der Waals surface area contributed by atoms with Crippen molar-refractivity contribution in [2.45, 2.75) is 0 Å². The van der Waals surface area contributed by atoms with Crippen molar-refractivity contribution in [1.29, 1.82) is 0 Å². The highest BCUT2D eigenvalue weighted by molar-refractivity contribution is 6.12. The maximum Gasteiger partial charge on any atom is 0.135 e. The maximum atomic E-state index is 6.17. The van der Waals surface area contributed by atoms with Crippen molar-refractivity contribution in [3.8, 4) is 16.8 Å². The van der Waals surface area contributed by atoms with Crippen LogP contribution in [0.15, 0.2) is 229 Å². The van der Waals surface area contributed by atoms with Crippen LogP contribution in [0.25, 0.3) is 60.6 Å². The Hall–Kier alpha value is -7.82. The summed E-state index contributed by atoms with van der Waals surface area (Å²) in [6.45, 7) is 0. The molecular formula is C54H37N3O. The average molecular weight is 744 g/mol. The number of furan rings is 1. The molecule has 11 aromatic rings. The van der Waals surface area contributed by atoms with Gasteiger partial charge in [-0.05, 0) is 120 Å². The zero-order chi connectivity index (χ0) is 38.4. The third-order valence-corrected chi connectivity index (χ3v) is 11.1. The first-order valence-corrected chi connectivity index (χ1v) is 19.7. The number of rotatable bonds is 8. The molecule has 0 aliphatic rings. The minimum absolute atomic E-state index is 0.902. The normalized spacial score (nSPS) is 11.4. The lowest BCUT2D eigenvalue weighted by atomic mass is 10.0. The smallest absolute Gasteiger partial charge is 0.135 e. The zero-order valence-electron chi connectivity index (χ0n) is 31.6. The van der Waals surface area contributed by atoms with E-state index in [4.69, 9.17) is 4.42 Å². The number of benzene rings is 9. The molecule has 0 aliphatic heterocycles. The summed E-state index contributed by atoms with van der Waals surface area (Å²) in [6.07, 6.45) is 0. The first-order valence-electron chi connectivity index (χ1n) is 19.7. The number of anilines is 6. The predicted molar refractivity (Wildman–Crippen MR) is 243 cm³/mol. The predicted octanol–water partition coefficient (Wildman–Crippen LogP) is 15.3. The van der Waals surface area contributed by atoms with Gasteiger partial charge in [0.05, 0.1) is 11.0 Å². The molecule has 58 heavy (non-hydrogen) atoms. The summed E-state index contributed by atoms with van der Waals surface area (Å²) in [4.78, 5) is 4.65. The maximum absolute atomic E-state index is 6.17. The van der Waals surface area contributed by atoms with E-state index in [0.29, 0.717) is 0 Å². The Bertz CT molecular complexity index is 3170. The summed E-state index contributed by atoms with van der Waals surface area (Å²) >= 11 is 0. The number of nitrogens with zero attached hydrogens (tertiary/aromatic N) is 3. The standard InChI is InChI=1S/C54H37N3O/c1-5-15-40(16-6-1)55(41-17-7-2-8-18-41)44-27-29-45(30-28-44)56(42-19-9-3-10-20-42)46-31-33-48-47-32-25-39(36-51(47)57(52(48)37-46)43-21-11-4-12-22-43)38-26-34-54-50(35-38)49-23-13-14-24-53(49)58-54/h1-37H. The summed E-state index contributed by atoms with van der Waals surface area (Å²) in [5.74, 6) is 0. The second-order valence-corrected chi connectivity index (χ2v) is 14.6. The van der Waals surface area contributed by atoms with E-state index in [0.717, 1.165) is 83.9 Å². The molecule has 9 aromatic carbocycles. The van der Waals surface area contributed by atoms with Crippen LogP contribution in [-0.2, 0) is 0 Å². The molecule has 0 radical (unpaired) electrons. The monoisotopic (exact) mass is 743 g/mol. The highest BCUT2D eigenvalue weighted by Crippen LogP contribution is 2.42. The minimum Gasteiger partial charge on any atom is -0.456 e. The summed E-state index contributed by atoms with van der Waals surface area (Å²) < 4.78 is 8.58. The number of para-hydroxylation sites is 5. The van der Waals surface area contributed by atoms with E-state index in [1.807, 2.05) is 12.1 Å². The molecular weight excluding hydrogens is 707 g/mol. The molecule has 2 aromatic heterocycles. The van der Waals surface area contributed by atoms with Gasteiger partial charge in [0.25, 0.3) is 0 Å². The van der Waals surface area contributed by atoms with Gasteiger partial charge in [0.2, 0.25) is 0 Å². The van der Waals surface area contributed by atoms with E-state index in [9.17, 15) is 0 Å². The number of aromatic nitrogens is 1. The second kappa shape index (κ2) is 14.0. The van der Waals surface area contributed by atoms with Crippen LogP contribution in [0, 0.1) is 0 Å². The van der Waals surface area contributed by atoms with Gasteiger partial charge in [0, 0.05) is 61.4 Å². The lowest BCUT2D eigenvalue weighted by Gasteiger charge is -2.28. The lowest BCUT2D eigenvalue weighted by Crippen LogP contribution is -2.12. The van der Waals surface area contributed by atoms with Gasteiger partial charge in [0.15, 0.2) is 0 Å². The van der Waals surface area contributed by atoms with E-state index >= 15 is 0 Å². The lowest BCUT2D eigenvalue weighted by molar-refractivity contribution is 0.669. The van der Waals surface area contributed by atoms with Crippen molar-refractivity contribution in [3.63, 3.8) is 0 Å². The van der Waals surface area contributed by atoms with Crippen molar-refractivity contribution in [1.82, 2.24) is 4.57 Å². The molecule has 0 bridgehead atoms. The van der Waals surface area contributed by atoms with Gasteiger partial charge in [-0.25, -0.2) is 0 Å².